The van der Waals surface area contributed by atoms with Crippen molar-refractivity contribution in [1.29, 1.82) is 0 Å². The molecular formula is F2OPt. The van der Waals surface area contributed by atoms with Crippen LogP contribution in [-0.2, 0) is 26.2 Å². The Bertz CT molecular complexity index is 6.00. The molecule has 0 aliphatic rings. The average molecular weight is 249 g/mol. The van der Waals surface area contributed by atoms with Crippen LogP contribution in [0.5, 0.6) is 0 Å². The summed E-state index contributed by atoms with van der Waals surface area (Å²) >= 11 is 0. The Morgan fingerprint density at radius 1 is 1.25 bits per heavy atom. The molecule has 0 saturated carbocycles. The summed E-state index contributed by atoms with van der Waals surface area (Å²) in [5, 5.41) is 1.25. The molecular weight excluding hydrogens is 249 g/mol. The maximum Gasteiger partial charge on any atom is 0.0209 e. The minimum Gasteiger partial charge on any atom is -0.0104 e. The first-order valence-corrected chi connectivity index (χ1v) is 0.309. The van der Waals surface area contributed by atoms with E-state index in [1.54, 1.807) is 0 Å². The van der Waals surface area contributed by atoms with Crippen LogP contribution in [0.1, 0.15) is 0 Å². The van der Waals surface area contributed by atoms with E-state index in [1.807, 2.05) is 0 Å². The molecule has 0 heterocycles. The number of halogens is 2. The predicted octanol–water partition coefficient (Wildman–Crippen LogP) is 0.770. The van der Waals surface area contributed by atoms with Crippen LogP contribution in [0.4, 0.5) is 9.05 Å². The second kappa shape index (κ2) is 9.70. The fraction of sp³-hybridized carbons (Fsp3) is 0. The third-order valence-electron chi connectivity index (χ3n) is 0. The molecule has 0 atom stereocenters. The van der Waals surface area contributed by atoms with Gasteiger partial charge in [-0.2, -0.15) is 0 Å². The maximum absolute atomic E-state index is 9.12. The monoisotopic (exact) mass is 249 g/mol. The number of hydrogen-bond donors (Lipinski definition) is 0. The largest absolute Gasteiger partial charge is 0.0209 e. The summed E-state index contributed by atoms with van der Waals surface area (Å²) in [5.41, 5.74) is 0. The van der Waals surface area contributed by atoms with Crippen molar-refractivity contribution in [2.75, 3.05) is 0 Å². The van der Waals surface area contributed by atoms with Gasteiger partial charge in [0.05, 0.1) is 0 Å². The Morgan fingerprint density at radius 3 is 1.25 bits per heavy atom. The van der Waals surface area contributed by atoms with Crippen LogP contribution in [0.3, 0.4) is 0 Å². The van der Waals surface area contributed by atoms with E-state index < -0.39 is 0 Å². The topological polar surface area (TPSA) is 9.23 Å². The Hall–Kier alpha value is 0.508. The van der Waals surface area contributed by atoms with Gasteiger partial charge in [-0.1, -0.05) is 0 Å². The third-order valence-corrected chi connectivity index (χ3v) is 0. The smallest absolute Gasteiger partial charge is 0.0104 e. The molecule has 0 N–H and O–H groups in total. The van der Waals surface area contributed by atoms with Crippen molar-refractivity contribution in [3.63, 3.8) is 0 Å². The summed E-state index contributed by atoms with van der Waals surface area (Å²) in [5.74, 6) is 0. The van der Waals surface area contributed by atoms with Crippen molar-refractivity contribution >= 4 is 0 Å². The van der Waals surface area contributed by atoms with E-state index in [9.17, 15) is 0 Å². The van der Waals surface area contributed by atoms with Crippen LogP contribution in [0, 0.1) is 0 Å². The van der Waals surface area contributed by atoms with Crippen LogP contribution in [0.25, 0.3) is 0 Å². The van der Waals surface area contributed by atoms with Crippen LogP contribution < -0.4 is 0 Å². The molecule has 0 spiro atoms. The van der Waals surface area contributed by atoms with Crippen molar-refractivity contribution < 1.29 is 35.3 Å². The summed E-state index contributed by atoms with van der Waals surface area (Å²) in [4.78, 5) is 0. The molecule has 0 aliphatic heterocycles. The average Bonchev–Trinajstić information content (AvgIpc) is 0.918. The SMILES string of the molecule is FOF.[Pt]. The van der Waals surface area contributed by atoms with Crippen LogP contribution in [-0.4, -0.2) is 0 Å². The summed E-state index contributed by atoms with van der Waals surface area (Å²) in [6.07, 6.45) is 0. The summed E-state index contributed by atoms with van der Waals surface area (Å²) in [7, 11) is 0. The molecule has 0 fully saturated rings. The van der Waals surface area contributed by atoms with Crippen molar-refractivity contribution in [3.8, 4) is 0 Å². The minimum atomic E-state index is 0. The molecule has 0 aliphatic carbocycles. The molecule has 0 aromatic carbocycles. The van der Waals surface area contributed by atoms with Gasteiger partial charge in [0, 0.05) is 26.2 Å². The third kappa shape index (κ3) is 22.1. The van der Waals surface area contributed by atoms with Gasteiger partial charge in [-0.25, -0.2) is 0 Å². The Morgan fingerprint density at radius 2 is 1.25 bits per heavy atom. The standard InChI is InChI=1S/F2O.Pt/c1-3-2;. The fourth-order valence-corrected chi connectivity index (χ4v) is 0. The molecule has 4 heavy (non-hydrogen) atoms. The van der Waals surface area contributed by atoms with Crippen LogP contribution >= 0.6 is 0 Å². The number of rotatable bonds is 0. The number of hydrogen-bond acceptors (Lipinski definition) is 1. The Kier molecular flexibility index (Phi) is 21.4. The first-order chi connectivity index (χ1) is 1.41. The zero-order chi connectivity index (χ0) is 2.71. The van der Waals surface area contributed by atoms with E-state index in [0.29, 0.717) is 0 Å². The van der Waals surface area contributed by atoms with Gasteiger partial charge in [-0.15, -0.1) is 0 Å². The van der Waals surface area contributed by atoms with Gasteiger partial charge in [0.2, 0.25) is 0 Å². The molecule has 0 saturated heterocycles. The van der Waals surface area contributed by atoms with Crippen LogP contribution in [0.2, 0.25) is 0 Å². The first-order valence-electron chi connectivity index (χ1n) is 0.309. The van der Waals surface area contributed by atoms with Crippen molar-refractivity contribution in [2.24, 2.45) is 0 Å². The summed E-state index contributed by atoms with van der Waals surface area (Å²) in [6, 6.07) is 0. The zero-order valence-corrected chi connectivity index (χ0v) is 3.75. The van der Waals surface area contributed by atoms with E-state index >= 15 is 0 Å². The Balaban J connectivity index is 0. The van der Waals surface area contributed by atoms with Gasteiger partial charge in [0.15, 0.2) is 0 Å². The molecule has 0 rings (SSSR count). The quantitative estimate of drug-likeness (QED) is 0.616. The molecule has 0 bridgehead atoms. The molecule has 4 heteroatoms. The summed E-state index contributed by atoms with van der Waals surface area (Å²) < 4.78 is 18.2. The van der Waals surface area contributed by atoms with Gasteiger partial charge >= 0.3 is 0 Å². The molecule has 0 radical (unpaired) electrons. The van der Waals surface area contributed by atoms with Gasteiger partial charge in [0.25, 0.3) is 0 Å². The van der Waals surface area contributed by atoms with Crippen LogP contribution in [0.15, 0.2) is 0 Å². The molecule has 30 valence electrons. The normalized spacial score (nSPS) is 4.50. The van der Waals surface area contributed by atoms with Crippen molar-refractivity contribution in [3.05, 3.63) is 0 Å². The van der Waals surface area contributed by atoms with E-state index in [2.05, 4.69) is 0 Å². The first kappa shape index (κ1) is 8.82. The Labute approximate surface area is 36.0 Å². The van der Waals surface area contributed by atoms with Gasteiger partial charge in [0.1, 0.15) is 0 Å². The van der Waals surface area contributed by atoms with Gasteiger partial charge in [-0.3, -0.25) is 0 Å². The van der Waals surface area contributed by atoms with Gasteiger partial charge in [-0.05, 0) is 9.05 Å². The summed E-state index contributed by atoms with van der Waals surface area (Å²) in [6.45, 7) is 0. The van der Waals surface area contributed by atoms with Crippen molar-refractivity contribution in [2.45, 2.75) is 0 Å². The van der Waals surface area contributed by atoms with Crippen molar-refractivity contribution in [1.82, 2.24) is 0 Å². The fourth-order valence-electron chi connectivity index (χ4n) is 0. The predicted molar refractivity (Wildman–Crippen MR) is 3.30 cm³/mol. The second-order valence-corrected chi connectivity index (χ2v) is 0.0583. The minimum absolute atomic E-state index is 0. The van der Waals surface area contributed by atoms with E-state index in [0.717, 1.165) is 0 Å². The molecule has 0 aromatic heterocycles. The molecule has 1 nitrogen and oxygen atoms in total. The zero-order valence-electron chi connectivity index (χ0n) is 1.48. The molecule has 0 unspecified atom stereocenters. The molecule has 0 amide bonds. The van der Waals surface area contributed by atoms with Gasteiger partial charge < -0.3 is 0 Å². The second-order valence-electron chi connectivity index (χ2n) is 0.0583. The van der Waals surface area contributed by atoms with E-state index in [-0.39, 0.29) is 21.1 Å². The van der Waals surface area contributed by atoms with E-state index in [4.69, 9.17) is 9.05 Å². The molecule has 0 aromatic rings. The maximum atomic E-state index is 9.12. The van der Waals surface area contributed by atoms with E-state index in [1.165, 1.54) is 5.15 Å².